The predicted molar refractivity (Wildman–Crippen MR) is 103 cm³/mol. The second-order valence-corrected chi connectivity index (χ2v) is 8.75. The van der Waals surface area contributed by atoms with E-state index in [1.807, 2.05) is 13.8 Å². The van der Waals surface area contributed by atoms with E-state index in [-0.39, 0.29) is 35.6 Å². The van der Waals surface area contributed by atoms with Crippen LogP contribution in [0.15, 0.2) is 6.33 Å². The monoisotopic (exact) mass is 362 g/mol. The third kappa shape index (κ3) is 5.58. The lowest BCUT2D eigenvalue weighted by Crippen LogP contribution is -2.48. The van der Waals surface area contributed by atoms with Crippen LogP contribution < -0.4 is 10.6 Å². The molecule has 0 aromatic carbocycles. The van der Waals surface area contributed by atoms with Gasteiger partial charge in [0.2, 0.25) is 11.8 Å². The summed E-state index contributed by atoms with van der Waals surface area (Å²) in [6.07, 6.45) is 6.58. The summed E-state index contributed by atoms with van der Waals surface area (Å²) >= 11 is 0. The number of hydrogen-bond acceptors (Lipinski definition) is 3. The Morgan fingerprint density at radius 2 is 1.96 bits per heavy atom. The highest BCUT2D eigenvalue weighted by atomic mass is 16.2. The summed E-state index contributed by atoms with van der Waals surface area (Å²) in [7, 11) is 0. The van der Waals surface area contributed by atoms with E-state index in [0.29, 0.717) is 12.5 Å². The number of rotatable bonds is 7. The molecule has 0 radical (unpaired) electrons. The molecule has 146 valence electrons. The first-order valence-corrected chi connectivity index (χ1v) is 9.74. The van der Waals surface area contributed by atoms with Crippen LogP contribution in [0.4, 0.5) is 0 Å². The summed E-state index contributed by atoms with van der Waals surface area (Å²) in [4.78, 5) is 32.1. The number of H-pyrrole nitrogens is 1. The minimum Gasteiger partial charge on any atom is -0.354 e. The van der Waals surface area contributed by atoms with Crippen LogP contribution in [0.1, 0.15) is 64.8 Å². The summed E-state index contributed by atoms with van der Waals surface area (Å²) in [5.74, 6) is 0.535. The zero-order valence-electron chi connectivity index (χ0n) is 16.8. The molecule has 26 heavy (non-hydrogen) atoms. The lowest BCUT2D eigenvalue weighted by atomic mass is 9.72. The van der Waals surface area contributed by atoms with Crippen molar-refractivity contribution in [1.29, 1.82) is 0 Å². The number of carbonyl (C=O) groups is 2. The first-order valence-electron chi connectivity index (χ1n) is 9.74. The van der Waals surface area contributed by atoms with Gasteiger partial charge in [0.25, 0.3) is 0 Å². The fourth-order valence-electron chi connectivity index (χ4n) is 4.04. The third-order valence-electron chi connectivity index (χ3n) is 5.34. The number of hydrogen-bond donors (Lipinski definition) is 3. The van der Waals surface area contributed by atoms with E-state index in [1.54, 1.807) is 6.33 Å². The van der Waals surface area contributed by atoms with Gasteiger partial charge in [-0.15, -0.1) is 0 Å². The quantitative estimate of drug-likeness (QED) is 0.697. The molecule has 0 spiro atoms. The minimum atomic E-state index is -0.0991. The van der Waals surface area contributed by atoms with Gasteiger partial charge in [0.1, 0.15) is 0 Å². The fraction of sp³-hybridized carbons (Fsp3) is 0.750. The zero-order chi connectivity index (χ0) is 19.3. The Kier molecular flexibility index (Phi) is 6.84. The van der Waals surface area contributed by atoms with Crippen molar-refractivity contribution in [2.75, 3.05) is 6.54 Å². The first kappa shape index (κ1) is 20.5. The van der Waals surface area contributed by atoms with Crippen LogP contribution in [0.5, 0.6) is 0 Å². The molecule has 0 saturated heterocycles. The van der Waals surface area contributed by atoms with Gasteiger partial charge >= 0.3 is 0 Å². The highest BCUT2D eigenvalue weighted by Crippen LogP contribution is 2.41. The maximum absolute atomic E-state index is 12.9. The van der Waals surface area contributed by atoms with Crippen LogP contribution in [0.3, 0.4) is 0 Å². The molecule has 3 N–H and O–H groups in total. The van der Waals surface area contributed by atoms with Crippen molar-refractivity contribution in [3.05, 3.63) is 17.7 Å². The van der Waals surface area contributed by atoms with Gasteiger partial charge in [-0.05, 0) is 38.0 Å². The Bertz CT molecular complexity index is 612. The molecule has 6 heteroatoms. The molecule has 2 rings (SSSR count). The van der Waals surface area contributed by atoms with Crippen molar-refractivity contribution in [1.82, 2.24) is 20.6 Å². The van der Waals surface area contributed by atoms with Gasteiger partial charge in [-0.25, -0.2) is 4.98 Å². The van der Waals surface area contributed by atoms with Gasteiger partial charge in [-0.1, -0.05) is 33.6 Å². The van der Waals surface area contributed by atoms with Crippen molar-refractivity contribution >= 4 is 11.8 Å². The van der Waals surface area contributed by atoms with Crippen LogP contribution in [-0.2, 0) is 16.0 Å². The van der Waals surface area contributed by atoms with E-state index in [0.717, 1.165) is 24.2 Å². The molecule has 1 aliphatic carbocycles. The van der Waals surface area contributed by atoms with E-state index < -0.39 is 0 Å². The van der Waals surface area contributed by atoms with E-state index in [4.69, 9.17) is 0 Å². The van der Waals surface area contributed by atoms with E-state index in [1.165, 1.54) is 12.8 Å². The Morgan fingerprint density at radius 1 is 1.31 bits per heavy atom. The molecule has 2 atom stereocenters. The van der Waals surface area contributed by atoms with Crippen molar-refractivity contribution in [3.8, 4) is 0 Å². The normalized spacial score (nSPS) is 17.7. The number of nitrogens with one attached hydrogen (secondary N) is 3. The third-order valence-corrected chi connectivity index (χ3v) is 5.34. The van der Waals surface area contributed by atoms with Crippen molar-refractivity contribution in [2.24, 2.45) is 17.3 Å². The molecule has 1 fully saturated rings. The number of nitrogens with zero attached hydrogens (tertiary/aromatic N) is 1. The number of imidazole rings is 1. The van der Waals surface area contributed by atoms with E-state index in [9.17, 15) is 9.59 Å². The maximum atomic E-state index is 12.9. The second kappa shape index (κ2) is 8.69. The number of aromatic nitrogens is 2. The predicted octanol–water partition coefficient (Wildman–Crippen LogP) is 2.73. The molecule has 1 saturated carbocycles. The molecule has 0 aliphatic heterocycles. The molecular weight excluding hydrogens is 328 g/mol. The molecule has 1 unspecified atom stereocenters. The lowest BCUT2D eigenvalue weighted by Gasteiger charge is -2.35. The summed E-state index contributed by atoms with van der Waals surface area (Å²) in [6.45, 7) is 10.7. The van der Waals surface area contributed by atoms with Gasteiger partial charge in [-0.3, -0.25) is 9.59 Å². The van der Waals surface area contributed by atoms with Gasteiger partial charge < -0.3 is 15.6 Å². The van der Waals surface area contributed by atoms with Crippen LogP contribution >= 0.6 is 0 Å². The highest BCUT2D eigenvalue weighted by molar-refractivity contribution is 5.80. The zero-order valence-corrected chi connectivity index (χ0v) is 16.8. The molecular formula is C20H34N4O2. The number of aromatic amines is 1. The number of aryl methyl sites for hydroxylation is 1. The molecule has 1 aromatic heterocycles. The Balaban J connectivity index is 1.83. The maximum Gasteiger partial charge on any atom is 0.226 e. The Hall–Kier alpha value is -1.85. The average molecular weight is 363 g/mol. The van der Waals surface area contributed by atoms with Crippen molar-refractivity contribution in [2.45, 2.75) is 72.8 Å². The van der Waals surface area contributed by atoms with Crippen LogP contribution in [-0.4, -0.2) is 34.4 Å². The molecule has 1 heterocycles. The van der Waals surface area contributed by atoms with Crippen LogP contribution in [0.2, 0.25) is 0 Å². The standard InChI is InChI=1S/C20H34N4O2/c1-13(11-21-17(25)10-16-14(2)22-12-23-16)24-19(26)18(20(3,4)5)15-8-6-7-9-15/h12-13,15,18H,6-11H2,1-5H3,(H,21,25)(H,22,23)(H,24,26)/t13-,18?/m0/s1. The van der Waals surface area contributed by atoms with Gasteiger partial charge in [0, 0.05) is 24.2 Å². The van der Waals surface area contributed by atoms with Gasteiger partial charge in [0.15, 0.2) is 0 Å². The average Bonchev–Trinajstić information content (AvgIpc) is 3.17. The summed E-state index contributed by atoms with van der Waals surface area (Å²) in [5.41, 5.74) is 1.61. The summed E-state index contributed by atoms with van der Waals surface area (Å²) in [5, 5.41) is 6.01. The number of carbonyl (C=O) groups excluding carboxylic acids is 2. The Labute approximate surface area is 156 Å². The number of amides is 2. The largest absolute Gasteiger partial charge is 0.354 e. The summed E-state index contributed by atoms with van der Waals surface area (Å²) in [6, 6.07) is -0.0991. The molecule has 1 aromatic rings. The lowest BCUT2D eigenvalue weighted by molar-refractivity contribution is -0.131. The van der Waals surface area contributed by atoms with Crippen molar-refractivity contribution < 1.29 is 9.59 Å². The Morgan fingerprint density at radius 3 is 2.50 bits per heavy atom. The van der Waals surface area contributed by atoms with E-state index >= 15 is 0 Å². The van der Waals surface area contributed by atoms with Crippen LogP contribution in [0, 0.1) is 24.2 Å². The topological polar surface area (TPSA) is 86.9 Å². The molecule has 0 bridgehead atoms. The first-order chi connectivity index (χ1) is 12.2. The van der Waals surface area contributed by atoms with Gasteiger partial charge in [-0.2, -0.15) is 0 Å². The fourth-order valence-corrected chi connectivity index (χ4v) is 4.04. The second-order valence-electron chi connectivity index (χ2n) is 8.75. The van der Waals surface area contributed by atoms with E-state index in [2.05, 4.69) is 41.4 Å². The minimum absolute atomic E-state index is 0.0230. The van der Waals surface area contributed by atoms with Crippen molar-refractivity contribution in [3.63, 3.8) is 0 Å². The SMILES string of the molecule is Cc1[nH]cnc1CC(=O)NC[C@H](C)NC(=O)C(C1CCCC1)C(C)(C)C. The highest BCUT2D eigenvalue weighted by Gasteiger charge is 2.39. The molecule has 1 aliphatic rings. The smallest absolute Gasteiger partial charge is 0.226 e. The summed E-state index contributed by atoms with van der Waals surface area (Å²) < 4.78 is 0. The van der Waals surface area contributed by atoms with Gasteiger partial charge in [0.05, 0.1) is 18.4 Å². The molecule has 6 nitrogen and oxygen atoms in total. The molecule has 2 amide bonds. The van der Waals surface area contributed by atoms with Crippen LogP contribution in [0.25, 0.3) is 0 Å².